The Bertz CT molecular complexity index is 319. The fourth-order valence-electron chi connectivity index (χ4n) is 2.41. The molecule has 0 atom stereocenters. The van der Waals surface area contributed by atoms with Crippen molar-refractivity contribution in [3.8, 4) is 0 Å². The summed E-state index contributed by atoms with van der Waals surface area (Å²) in [6.45, 7) is 3.09. The molecule has 0 bridgehead atoms. The van der Waals surface area contributed by atoms with Crippen LogP contribution in [0.2, 0.25) is 0 Å². The first-order chi connectivity index (χ1) is 9.28. The molecule has 0 spiro atoms. The van der Waals surface area contributed by atoms with E-state index in [9.17, 15) is 4.79 Å². The van der Waals surface area contributed by atoms with Crippen LogP contribution in [0.15, 0.2) is 4.99 Å². The Morgan fingerprint density at radius 1 is 1.05 bits per heavy atom. The number of rotatable bonds is 5. The minimum absolute atomic E-state index is 0.0309. The molecule has 0 saturated heterocycles. The minimum atomic E-state index is 0.0309. The molecule has 5 nitrogen and oxygen atoms in total. The zero-order valence-electron chi connectivity index (χ0n) is 11.9. The molecule has 0 unspecified atom stereocenters. The summed E-state index contributed by atoms with van der Waals surface area (Å²) in [7, 11) is 0. The zero-order chi connectivity index (χ0) is 13.5. The smallest absolute Gasteiger partial charge is 0.242 e. The zero-order valence-corrected chi connectivity index (χ0v) is 11.9. The summed E-state index contributed by atoms with van der Waals surface area (Å²) < 4.78 is 0. The van der Waals surface area contributed by atoms with E-state index in [4.69, 9.17) is 0 Å². The third kappa shape index (κ3) is 5.49. The Balaban J connectivity index is 1.77. The second-order valence-corrected chi connectivity index (χ2v) is 5.52. The first kappa shape index (κ1) is 14.2. The predicted molar refractivity (Wildman–Crippen MR) is 77.2 cm³/mol. The molecule has 0 aliphatic heterocycles. The fourth-order valence-corrected chi connectivity index (χ4v) is 2.41. The van der Waals surface area contributed by atoms with Crippen LogP contribution in [0.5, 0.6) is 0 Å². The lowest BCUT2D eigenvalue weighted by atomic mass is 9.96. The highest BCUT2D eigenvalue weighted by Gasteiger charge is 2.23. The van der Waals surface area contributed by atoms with Crippen molar-refractivity contribution in [2.75, 3.05) is 13.1 Å². The lowest BCUT2D eigenvalue weighted by Crippen LogP contribution is -2.44. The van der Waals surface area contributed by atoms with Crippen molar-refractivity contribution in [3.63, 3.8) is 0 Å². The molecular weight excluding hydrogens is 240 g/mol. The number of nitrogens with zero attached hydrogens (tertiary/aromatic N) is 1. The van der Waals surface area contributed by atoms with Gasteiger partial charge in [0, 0.05) is 18.6 Å². The molecule has 1 amide bonds. The third-order valence-electron chi connectivity index (χ3n) is 3.61. The Labute approximate surface area is 115 Å². The average molecular weight is 266 g/mol. The molecule has 0 heterocycles. The van der Waals surface area contributed by atoms with E-state index in [1.165, 1.54) is 32.1 Å². The van der Waals surface area contributed by atoms with Crippen LogP contribution in [0.1, 0.15) is 51.9 Å². The minimum Gasteiger partial charge on any atom is -0.357 e. The van der Waals surface area contributed by atoms with Gasteiger partial charge >= 0.3 is 0 Å². The van der Waals surface area contributed by atoms with Crippen molar-refractivity contribution in [1.82, 2.24) is 16.0 Å². The number of amides is 1. The van der Waals surface area contributed by atoms with Crippen molar-refractivity contribution < 1.29 is 4.79 Å². The fraction of sp³-hybridized carbons (Fsp3) is 0.857. The highest BCUT2D eigenvalue weighted by molar-refractivity contribution is 5.85. The summed E-state index contributed by atoms with van der Waals surface area (Å²) in [6.07, 6.45) is 8.58. The van der Waals surface area contributed by atoms with E-state index in [-0.39, 0.29) is 12.5 Å². The number of hydrogen-bond acceptors (Lipinski definition) is 2. The van der Waals surface area contributed by atoms with Gasteiger partial charge in [0.2, 0.25) is 5.91 Å². The van der Waals surface area contributed by atoms with Crippen LogP contribution in [-0.4, -0.2) is 37.0 Å². The summed E-state index contributed by atoms with van der Waals surface area (Å²) in [6, 6.07) is 0.926. The standard InChI is InChI=1S/C14H26N4O/c1-2-15-14(18-11-6-4-3-5-7-11)16-10-13(19)17-12-8-9-12/h11-12H,2-10H2,1H3,(H,17,19)(H2,15,16,18). The summed E-state index contributed by atoms with van der Waals surface area (Å²) in [5.74, 6) is 0.809. The Morgan fingerprint density at radius 2 is 1.74 bits per heavy atom. The molecule has 5 heteroatoms. The van der Waals surface area contributed by atoms with Gasteiger partial charge in [-0.15, -0.1) is 0 Å². The summed E-state index contributed by atoms with van der Waals surface area (Å²) in [4.78, 5) is 16.0. The van der Waals surface area contributed by atoms with Gasteiger partial charge in [-0.25, -0.2) is 4.99 Å². The van der Waals surface area contributed by atoms with Gasteiger partial charge in [0.25, 0.3) is 0 Å². The van der Waals surface area contributed by atoms with E-state index in [1.807, 2.05) is 6.92 Å². The van der Waals surface area contributed by atoms with Crippen LogP contribution in [0.3, 0.4) is 0 Å². The van der Waals surface area contributed by atoms with Crippen LogP contribution in [0.4, 0.5) is 0 Å². The molecule has 2 saturated carbocycles. The third-order valence-corrected chi connectivity index (χ3v) is 3.61. The van der Waals surface area contributed by atoms with Gasteiger partial charge in [-0.3, -0.25) is 4.79 Å². The largest absolute Gasteiger partial charge is 0.357 e. The van der Waals surface area contributed by atoms with E-state index in [0.29, 0.717) is 12.1 Å². The molecule has 0 radical (unpaired) electrons. The summed E-state index contributed by atoms with van der Waals surface area (Å²) in [5, 5.41) is 9.61. The molecule has 2 fully saturated rings. The Kier molecular flexibility index (Phi) is 5.48. The van der Waals surface area contributed by atoms with Gasteiger partial charge in [-0.05, 0) is 32.6 Å². The molecule has 0 aromatic carbocycles. The van der Waals surface area contributed by atoms with E-state index in [1.54, 1.807) is 0 Å². The van der Waals surface area contributed by atoms with E-state index in [2.05, 4.69) is 20.9 Å². The maximum atomic E-state index is 11.6. The van der Waals surface area contributed by atoms with Crippen LogP contribution in [-0.2, 0) is 4.79 Å². The second kappa shape index (κ2) is 7.36. The van der Waals surface area contributed by atoms with Crippen LogP contribution < -0.4 is 16.0 Å². The van der Waals surface area contributed by atoms with Crippen molar-refractivity contribution in [2.45, 2.75) is 64.0 Å². The first-order valence-electron chi connectivity index (χ1n) is 7.62. The highest BCUT2D eigenvalue weighted by Crippen LogP contribution is 2.18. The van der Waals surface area contributed by atoms with Crippen molar-refractivity contribution in [3.05, 3.63) is 0 Å². The van der Waals surface area contributed by atoms with Gasteiger partial charge in [0.05, 0.1) is 0 Å². The SMILES string of the molecule is CCNC(=NCC(=O)NC1CC1)NC1CCCCC1. The molecule has 2 rings (SSSR count). The van der Waals surface area contributed by atoms with Gasteiger partial charge < -0.3 is 16.0 Å². The van der Waals surface area contributed by atoms with E-state index in [0.717, 1.165) is 25.3 Å². The lowest BCUT2D eigenvalue weighted by Gasteiger charge is -2.24. The number of nitrogens with one attached hydrogen (secondary N) is 3. The van der Waals surface area contributed by atoms with Gasteiger partial charge in [0.1, 0.15) is 6.54 Å². The maximum absolute atomic E-state index is 11.6. The molecule has 19 heavy (non-hydrogen) atoms. The Morgan fingerprint density at radius 3 is 2.37 bits per heavy atom. The summed E-state index contributed by atoms with van der Waals surface area (Å²) >= 11 is 0. The van der Waals surface area contributed by atoms with Gasteiger partial charge in [0.15, 0.2) is 5.96 Å². The first-order valence-corrected chi connectivity index (χ1v) is 7.62. The Hall–Kier alpha value is -1.26. The van der Waals surface area contributed by atoms with Gasteiger partial charge in [-0.2, -0.15) is 0 Å². The van der Waals surface area contributed by atoms with Gasteiger partial charge in [-0.1, -0.05) is 19.3 Å². The number of carbonyl (C=O) groups is 1. The molecule has 3 N–H and O–H groups in total. The molecule has 0 aromatic rings. The highest BCUT2D eigenvalue weighted by atomic mass is 16.2. The normalized spacial score (nSPS) is 21.0. The topological polar surface area (TPSA) is 65.5 Å². The maximum Gasteiger partial charge on any atom is 0.242 e. The molecule has 2 aliphatic rings. The quantitative estimate of drug-likeness (QED) is 0.517. The molecule has 0 aromatic heterocycles. The number of hydrogen-bond donors (Lipinski definition) is 3. The summed E-state index contributed by atoms with van der Waals surface area (Å²) in [5.41, 5.74) is 0. The van der Waals surface area contributed by atoms with Crippen LogP contribution >= 0.6 is 0 Å². The lowest BCUT2D eigenvalue weighted by molar-refractivity contribution is -0.119. The van der Waals surface area contributed by atoms with Crippen LogP contribution in [0.25, 0.3) is 0 Å². The number of guanidine groups is 1. The van der Waals surface area contributed by atoms with Crippen LogP contribution in [0, 0.1) is 0 Å². The molecule has 2 aliphatic carbocycles. The number of carbonyl (C=O) groups excluding carboxylic acids is 1. The second-order valence-electron chi connectivity index (χ2n) is 5.52. The predicted octanol–water partition coefficient (Wildman–Crippen LogP) is 1.15. The van der Waals surface area contributed by atoms with E-state index >= 15 is 0 Å². The van der Waals surface area contributed by atoms with Crippen molar-refractivity contribution in [2.24, 2.45) is 4.99 Å². The van der Waals surface area contributed by atoms with Crippen molar-refractivity contribution >= 4 is 11.9 Å². The molecular formula is C14H26N4O. The molecule has 108 valence electrons. The van der Waals surface area contributed by atoms with Crippen molar-refractivity contribution in [1.29, 1.82) is 0 Å². The average Bonchev–Trinajstić information content (AvgIpc) is 3.21. The monoisotopic (exact) mass is 266 g/mol. The van der Waals surface area contributed by atoms with E-state index < -0.39 is 0 Å². The number of aliphatic imine (C=N–C) groups is 1.